The highest BCUT2D eigenvalue weighted by Crippen LogP contribution is 2.27. The zero-order valence-electron chi connectivity index (χ0n) is 17.4. The van der Waals surface area contributed by atoms with Crippen molar-refractivity contribution in [3.63, 3.8) is 0 Å². The van der Waals surface area contributed by atoms with Gasteiger partial charge in [-0.3, -0.25) is 9.89 Å². The van der Waals surface area contributed by atoms with Crippen LogP contribution < -0.4 is 10.3 Å². The quantitative estimate of drug-likeness (QED) is 0.390. The number of nitrogens with zero attached hydrogens (tertiary/aromatic N) is 4. The van der Waals surface area contributed by atoms with Crippen molar-refractivity contribution in [1.82, 2.24) is 19.7 Å². The fourth-order valence-electron chi connectivity index (χ4n) is 3.48. The lowest BCUT2D eigenvalue weighted by Gasteiger charge is -2.04. The summed E-state index contributed by atoms with van der Waals surface area (Å²) in [5.74, 6) is 1.28. The molecule has 0 unspecified atom stereocenters. The number of ether oxygens (including phenoxy) is 1. The van der Waals surface area contributed by atoms with E-state index in [1.807, 2.05) is 67.6 Å². The highest BCUT2D eigenvalue weighted by atomic mass is 32.1. The van der Waals surface area contributed by atoms with E-state index in [0.29, 0.717) is 27.9 Å². The molecule has 158 valence electrons. The number of para-hydroxylation sites is 1. The van der Waals surface area contributed by atoms with Gasteiger partial charge >= 0.3 is 0 Å². The van der Waals surface area contributed by atoms with Gasteiger partial charge in [0.05, 0.1) is 34.3 Å². The molecule has 3 heterocycles. The molecule has 2 aromatic carbocycles. The second-order valence-corrected chi connectivity index (χ2v) is 8.09. The van der Waals surface area contributed by atoms with E-state index in [9.17, 15) is 4.79 Å². The minimum absolute atomic E-state index is 0.216. The fourth-order valence-corrected chi connectivity index (χ4v) is 4.40. The summed E-state index contributed by atoms with van der Waals surface area (Å²) in [4.78, 5) is 27.1. The van der Waals surface area contributed by atoms with E-state index in [1.165, 1.54) is 16.0 Å². The molecular weight excluding hydrogens is 422 g/mol. The number of benzene rings is 2. The molecule has 0 spiro atoms. The summed E-state index contributed by atoms with van der Waals surface area (Å²) in [6.45, 7) is 1.81. The van der Waals surface area contributed by atoms with E-state index in [2.05, 4.69) is 20.1 Å². The fraction of sp³-hybridized carbons (Fsp3) is 0.0833. The van der Waals surface area contributed by atoms with E-state index in [-0.39, 0.29) is 5.56 Å². The molecule has 5 aromatic rings. The van der Waals surface area contributed by atoms with Gasteiger partial charge in [-0.2, -0.15) is 4.68 Å². The molecule has 7 nitrogen and oxygen atoms in total. The normalized spacial score (nSPS) is 11.8. The van der Waals surface area contributed by atoms with E-state index in [4.69, 9.17) is 4.74 Å². The van der Waals surface area contributed by atoms with Crippen molar-refractivity contribution >= 4 is 33.1 Å². The molecule has 0 radical (unpaired) electrons. The Morgan fingerprint density at radius 2 is 1.84 bits per heavy atom. The van der Waals surface area contributed by atoms with Crippen LogP contribution in [-0.4, -0.2) is 32.6 Å². The second kappa shape index (κ2) is 8.24. The largest absolute Gasteiger partial charge is 0.497 e. The maximum absolute atomic E-state index is 13.6. The number of aromatic nitrogens is 4. The third-order valence-electron chi connectivity index (χ3n) is 5.04. The summed E-state index contributed by atoms with van der Waals surface area (Å²) in [6, 6.07) is 20.8. The standard InChI is InChI=1S/C24H19N5O2S/c1-15(26-20-9-5-6-14-25-20)21-22(16-10-12-17(31-2)13-11-16)28-29(23(21)30)24-27-18-7-3-4-8-19(18)32-24/h3-14,28H,1-2H3/b26-15+. The molecule has 8 heteroatoms. The molecule has 0 atom stereocenters. The average molecular weight is 442 g/mol. The summed E-state index contributed by atoms with van der Waals surface area (Å²) in [7, 11) is 1.62. The van der Waals surface area contributed by atoms with Crippen molar-refractivity contribution in [2.45, 2.75) is 6.92 Å². The number of aliphatic imine (C=N–C) groups is 1. The van der Waals surface area contributed by atoms with Crippen molar-refractivity contribution < 1.29 is 4.74 Å². The van der Waals surface area contributed by atoms with Gasteiger partial charge in [0.25, 0.3) is 5.56 Å². The molecule has 0 aliphatic heterocycles. The van der Waals surface area contributed by atoms with Crippen LogP contribution in [0.25, 0.3) is 26.6 Å². The molecule has 0 aliphatic carbocycles. The van der Waals surface area contributed by atoms with Gasteiger partial charge in [-0.25, -0.2) is 15.0 Å². The number of aromatic amines is 1. The molecule has 0 saturated carbocycles. The van der Waals surface area contributed by atoms with Crippen LogP contribution in [0.4, 0.5) is 5.82 Å². The summed E-state index contributed by atoms with van der Waals surface area (Å²) >= 11 is 1.45. The Labute approximate surface area is 187 Å². The first kappa shape index (κ1) is 19.9. The molecule has 1 N–H and O–H groups in total. The van der Waals surface area contributed by atoms with Crippen LogP contribution in [0.5, 0.6) is 5.75 Å². The Morgan fingerprint density at radius 1 is 1.06 bits per heavy atom. The number of rotatable bonds is 5. The number of hydrogen-bond acceptors (Lipinski definition) is 6. The highest BCUT2D eigenvalue weighted by molar-refractivity contribution is 7.20. The number of nitrogens with one attached hydrogen (secondary N) is 1. The smallest absolute Gasteiger partial charge is 0.283 e. The van der Waals surface area contributed by atoms with Crippen LogP contribution in [0.15, 0.2) is 82.7 Å². The van der Waals surface area contributed by atoms with Crippen molar-refractivity contribution in [3.05, 3.63) is 88.8 Å². The molecule has 0 aliphatic rings. The molecule has 0 fully saturated rings. The summed E-state index contributed by atoms with van der Waals surface area (Å²) in [5, 5.41) is 3.83. The van der Waals surface area contributed by atoms with Gasteiger partial charge in [0.2, 0.25) is 5.13 Å². The highest BCUT2D eigenvalue weighted by Gasteiger charge is 2.21. The van der Waals surface area contributed by atoms with Gasteiger partial charge < -0.3 is 4.74 Å². The van der Waals surface area contributed by atoms with E-state index < -0.39 is 0 Å². The van der Waals surface area contributed by atoms with E-state index in [1.54, 1.807) is 19.4 Å². The van der Waals surface area contributed by atoms with E-state index >= 15 is 0 Å². The Balaban J connectivity index is 1.71. The number of hydrogen-bond donors (Lipinski definition) is 1. The van der Waals surface area contributed by atoms with Crippen LogP contribution in [0.3, 0.4) is 0 Å². The average Bonchev–Trinajstić information content (AvgIpc) is 3.40. The third kappa shape index (κ3) is 3.61. The number of fused-ring (bicyclic) bond motifs is 1. The van der Waals surface area contributed by atoms with Gasteiger partial charge in [-0.05, 0) is 55.5 Å². The molecule has 5 rings (SSSR count). The lowest BCUT2D eigenvalue weighted by molar-refractivity contribution is 0.415. The topological polar surface area (TPSA) is 85.2 Å². The van der Waals surface area contributed by atoms with Gasteiger partial charge in [0.15, 0.2) is 5.82 Å². The summed E-state index contributed by atoms with van der Waals surface area (Å²) in [6.07, 6.45) is 1.67. The molecular formula is C24H19N5O2S. The molecule has 3 aromatic heterocycles. The monoisotopic (exact) mass is 441 g/mol. The van der Waals surface area contributed by atoms with Gasteiger partial charge in [0, 0.05) is 11.8 Å². The van der Waals surface area contributed by atoms with Gasteiger partial charge in [0.1, 0.15) is 5.75 Å². The van der Waals surface area contributed by atoms with Crippen molar-refractivity contribution in [3.8, 4) is 22.1 Å². The maximum Gasteiger partial charge on any atom is 0.283 e. The van der Waals surface area contributed by atoms with Gasteiger partial charge in [-0.15, -0.1) is 0 Å². The molecule has 32 heavy (non-hydrogen) atoms. The van der Waals surface area contributed by atoms with Crippen LogP contribution in [0.2, 0.25) is 0 Å². The summed E-state index contributed by atoms with van der Waals surface area (Å²) < 4.78 is 7.77. The SMILES string of the molecule is COc1ccc(-c2[nH]n(-c3nc4ccccc4s3)c(=O)c2/C(C)=N/c2ccccn2)cc1. The number of thiazole rings is 1. The minimum atomic E-state index is -0.216. The van der Waals surface area contributed by atoms with Crippen molar-refractivity contribution in [2.24, 2.45) is 4.99 Å². The lowest BCUT2D eigenvalue weighted by atomic mass is 10.1. The molecule has 0 bridgehead atoms. The lowest BCUT2D eigenvalue weighted by Crippen LogP contribution is -2.19. The van der Waals surface area contributed by atoms with Crippen LogP contribution in [-0.2, 0) is 0 Å². The predicted octanol–water partition coefficient (Wildman–Crippen LogP) is 4.99. The Kier molecular flexibility index (Phi) is 5.12. The van der Waals surface area contributed by atoms with Gasteiger partial charge in [-0.1, -0.05) is 29.5 Å². The minimum Gasteiger partial charge on any atom is -0.497 e. The number of pyridine rings is 1. The summed E-state index contributed by atoms with van der Waals surface area (Å²) in [5.41, 5.74) is 3.17. The first-order chi connectivity index (χ1) is 15.6. The first-order valence-electron chi connectivity index (χ1n) is 9.96. The Morgan fingerprint density at radius 3 is 2.56 bits per heavy atom. The maximum atomic E-state index is 13.6. The van der Waals surface area contributed by atoms with E-state index in [0.717, 1.165) is 21.5 Å². The Bertz CT molecular complexity index is 1450. The second-order valence-electron chi connectivity index (χ2n) is 7.08. The van der Waals surface area contributed by atoms with Crippen molar-refractivity contribution in [2.75, 3.05) is 7.11 Å². The zero-order chi connectivity index (χ0) is 22.1. The Hall–Kier alpha value is -4.04. The number of methoxy groups -OCH3 is 1. The zero-order valence-corrected chi connectivity index (χ0v) is 18.3. The van der Waals surface area contributed by atoms with Crippen molar-refractivity contribution in [1.29, 1.82) is 0 Å². The first-order valence-corrected chi connectivity index (χ1v) is 10.8. The van der Waals surface area contributed by atoms with Crippen LogP contribution >= 0.6 is 11.3 Å². The van der Waals surface area contributed by atoms with Crippen LogP contribution in [0, 0.1) is 0 Å². The molecule has 0 amide bonds. The van der Waals surface area contributed by atoms with Crippen LogP contribution in [0.1, 0.15) is 12.5 Å². The third-order valence-corrected chi connectivity index (χ3v) is 6.06. The molecule has 0 saturated heterocycles. The number of H-pyrrole nitrogens is 1. The predicted molar refractivity (Wildman–Crippen MR) is 128 cm³/mol.